The van der Waals surface area contributed by atoms with Gasteiger partial charge in [0.05, 0.1) is 5.02 Å². The Bertz CT molecular complexity index is 563. The Balaban J connectivity index is 1.41. The molecule has 0 radical (unpaired) electrons. The molecule has 1 aromatic carbocycles. The number of anilines is 1. The molecule has 2 N–H and O–H groups in total. The van der Waals surface area contributed by atoms with Crippen LogP contribution in [0.2, 0.25) is 5.02 Å². The zero-order chi connectivity index (χ0) is 16.2. The van der Waals surface area contributed by atoms with E-state index in [2.05, 4.69) is 15.5 Å². The van der Waals surface area contributed by atoms with Crippen molar-refractivity contribution in [3.05, 3.63) is 29.0 Å². The third-order valence-corrected chi connectivity index (χ3v) is 5.18. The molecular weight excluding hydrogens is 317 g/mol. The molecule has 6 heteroatoms. The number of hydrogen-bond donors (Lipinski definition) is 2. The van der Waals surface area contributed by atoms with E-state index in [0.717, 1.165) is 25.6 Å². The Morgan fingerprint density at radius 2 is 2.09 bits per heavy atom. The molecule has 4 nitrogen and oxygen atoms in total. The van der Waals surface area contributed by atoms with Crippen LogP contribution in [0.15, 0.2) is 18.2 Å². The fraction of sp³-hybridized carbons (Fsp3) is 0.588. The standard InChI is InChI=1S/C17H23ClFN3O/c18-15-9-13(5-6-16(15)19)21-17(23)20-10-12-7-8-22(11-12)14-3-1-2-4-14/h5-6,9,12,14H,1-4,7-8,10-11H2,(H2,20,21,23)/t12-/m1/s1. The van der Waals surface area contributed by atoms with Crippen LogP contribution >= 0.6 is 11.6 Å². The summed E-state index contributed by atoms with van der Waals surface area (Å²) in [6.45, 7) is 2.89. The second-order valence-corrected chi connectivity index (χ2v) is 6.96. The van der Waals surface area contributed by atoms with Gasteiger partial charge in [-0.2, -0.15) is 0 Å². The summed E-state index contributed by atoms with van der Waals surface area (Å²) in [7, 11) is 0. The van der Waals surface area contributed by atoms with Gasteiger partial charge in [-0.1, -0.05) is 24.4 Å². The zero-order valence-corrected chi connectivity index (χ0v) is 13.9. The molecule has 2 aliphatic rings. The highest BCUT2D eigenvalue weighted by molar-refractivity contribution is 6.31. The van der Waals surface area contributed by atoms with Gasteiger partial charge in [0, 0.05) is 24.8 Å². The van der Waals surface area contributed by atoms with Crippen LogP contribution in [0.3, 0.4) is 0 Å². The second-order valence-electron chi connectivity index (χ2n) is 6.55. The van der Waals surface area contributed by atoms with Gasteiger partial charge in [0.25, 0.3) is 0 Å². The number of carbonyl (C=O) groups excluding carboxylic acids is 1. The predicted molar refractivity (Wildman–Crippen MR) is 90.4 cm³/mol. The number of nitrogens with one attached hydrogen (secondary N) is 2. The number of nitrogens with zero attached hydrogens (tertiary/aromatic N) is 1. The van der Waals surface area contributed by atoms with Crippen LogP contribution < -0.4 is 10.6 Å². The van der Waals surface area contributed by atoms with E-state index in [1.54, 1.807) is 0 Å². The van der Waals surface area contributed by atoms with Crippen molar-refractivity contribution < 1.29 is 9.18 Å². The largest absolute Gasteiger partial charge is 0.338 e. The number of amides is 2. The highest BCUT2D eigenvalue weighted by Gasteiger charge is 2.29. The number of rotatable bonds is 4. The van der Waals surface area contributed by atoms with Crippen molar-refractivity contribution in [3.63, 3.8) is 0 Å². The molecule has 1 saturated heterocycles. The smallest absolute Gasteiger partial charge is 0.319 e. The first kappa shape index (κ1) is 16.5. The van der Waals surface area contributed by atoms with Crippen molar-refractivity contribution in [2.75, 3.05) is 25.0 Å². The van der Waals surface area contributed by atoms with Crippen molar-refractivity contribution in [1.29, 1.82) is 0 Å². The van der Waals surface area contributed by atoms with Crippen LogP contribution in [0.25, 0.3) is 0 Å². The lowest BCUT2D eigenvalue weighted by atomic mass is 10.1. The lowest BCUT2D eigenvalue weighted by Crippen LogP contribution is -2.35. The molecule has 2 fully saturated rings. The number of benzene rings is 1. The fourth-order valence-electron chi connectivity index (χ4n) is 3.62. The molecular formula is C17H23ClFN3O. The van der Waals surface area contributed by atoms with E-state index >= 15 is 0 Å². The van der Waals surface area contributed by atoms with Crippen LogP contribution in [0.1, 0.15) is 32.1 Å². The zero-order valence-electron chi connectivity index (χ0n) is 13.2. The summed E-state index contributed by atoms with van der Waals surface area (Å²) in [5.74, 6) is 0.0220. The lowest BCUT2D eigenvalue weighted by molar-refractivity contribution is 0.234. The first-order valence-corrected chi connectivity index (χ1v) is 8.73. The number of halogens is 2. The van der Waals surface area contributed by atoms with Gasteiger partial charge in [-0.3, -0.25) is 0 Å². The van der Waals surface area contributed by atoms with Gasteiger partial charge < -0.3 is 15.5 Å². The Hall–Kier alpha value is -1.33. The van der Waals surface area contributed by atoms with Gasteiger partial charge in [0.2, 0.25) is 0 Å². The fourth-order valence-corrected chi connectivity index (χ4v) is 3.80. The highest BCUT2D eigenvalue weighted by atomic mass is 35.5. The normalized spacial score (nSPS) is 22.4. The van der Waals surface area contributed by atoms with Gasteiger partial charge in [-0.15, -0.1) is 0 Å². The molecule has 0 unspecified atom stereocenters. The minimum atomic E-state index is -0.490. The summed E-state index contributed by atoms with van der Waals surface area (Å²) in [5, 5.41) is 5.60. The molecule has 1 atom stereocenters. The number of likely N-dealkylation sites (tertiary alicyclic amines) is 1. The molecule has 3 rings (SSSR count). The summed E-state index contributed by atoms with van der Waals surface area (Å²) >= 11 is 5.70. The van der Waals surface area contributed by atoms with E-state index in [9.17, 15) is 9.18 Å². The first-order chi connectivity index (χ1) is 11.1. The minimum Gasteiger partial charge on any atom is -0.338 e. The Morgan fingerprint density at radius 3 is 2.83 bits per heavy atom. The van der Waals surface area contributed by atoms with Crippen LogP contribution in [-0.2, 0) is 0 Å². The third kappa shape index (κ3) is 4.36. The van der Waals surface area contributed by atoms with Crippen molar-refractivity contribution in [2.24, 2.45) is 5.92 Å². The quantitative estimate of drug-likeness (QED) is 0.874. The molecule has 1 aliphatic carbocycles. The third-order valence-electron chi connectivity index (χ3n) is 4.89. The summed E-state index contributed by atoms with van der Waals surface area (Å²) in [5.41, 5.74) is 0.493. The highest BCUT2D eigenvalue weighted by Crippen LogP contribution is 2.28. The van der Waals surface area contributed by atoms with Crippen molar-refractivity contribution in [2.45, 2.75) is 38.1 Å². The number of carbonyl (C=O) groups is 1. The van der Waals surface area contributed by atoms with Crippen molar-refractivity contribution >= 4 is 23.3 Å². The Kier molecular flexibility index (Phi) is 5.38. The van der Waals surface area contributed by atoms with E-state index in [-0.39, 0.29) is 11.1 Å². The lowest BCUT2D eigenvalue weighted by Gasteiger charge is -2.23. The summed E-state index contributed by atoms with van der Waals surface area (Å²) in [6, 6.07) is 4.64. The van der Waals surface area contributed by atoms with Crippen molar-refractivity contribution in [1.82, 2.24) is 10.2 Å². The summed E-state index contributed by atoms with van der Waals surface area (Å²) in [4.78, 5) is 14.5. The number of urea groups is 1. The first-order valence-electron chi connectivity index (χ1n) is 8.36. The average Bonchev–Trinajstić information content (AvgIpc) is 3.19. The molecule has 126 valence electrons. The van der Waals surface area contributed by atoms with E-state index in [0.29, 0.717) is 18.2 Å². The maximum absolute atomic E-state index is 13.1. The molecule has 1 heterocycles. The van der Waals surface area contributed by atoms with Crippen molar-refractivity contribution in [3.8, 4) is 0 Å². The topological polar surface area (TPSA) is 44.4 Å². The summed E-state index contributed by atoms with van der Waals surface area (Å²) < 4.78 is 13.1. The van der Waals surface area contributed by atoms with E-state index in [1.165, 1.54) is 43.9 Å². The molecule has 1 saturated carbocycles. The second kappa shape index (κ2) is 7.49. The minimum absolute atomic E-state index is 0.00537. The van der Waals surface area contributed by atoms with Gasteiger partial charge >= 0.3 is 6.03 Å². The molecule has 0 spiro atoms. The maximum Gasteiger partial charge on any atom is 0.319 e. The monoisotopic (exact) mass is 339 g/mol. The van der Waals surface area contributed by atoms with E-state index in [4.69, 9.17) is 11.6 Å². The van der Waals surface area contributed by atoms with E-state index < -0.39 is 5.82 Å². The van der Waals surface area contributed by atoms with Crippen LogP contribution in [0.4, 0.5) is 14.9 Å². The predicted octanol–water partition coefficient (Wildman–Crippen LogP) is 3.87. The Labute approximate surface area is 141 Å². The van der Waals surface area contributed by atoms with Crippen LogP contribution in [-0.4, -0.2) is 36.6 Å². The maximum atomic E-state index is 13.1. The van der Waals surface area contributed by atoms with Crippen LogP contribution in [0, 0.1) is 11.7 Å². The molecule has 2 amide bonds. The van der Waals surface area contributed by atoms with Gasteiger partial charge in [-0.05, 0) is 49.9 Å². The van der Waals surface area contributed by atoms with Crippen LogP contribution in [0.5, 0.6) is 0 Å². The molecule has 0 bridgehead atoms. The molecule has 1 aliphatic heterocycles. The van der Waals surface area contributed by atoms with Gasteiger partial charge in [-0.25, -0.2) is 9.18 Å². The number of hydrogen-bond acceptors (Lipinski definition) is 2. The van der Waals surface area contributed by atoms with Gasteiger partial charge in [0.1, 0.15) is 5.82 Å². The van der Waals surface area contributed by atoms with Gasteiger partial charge in [0.15, 0.2) is 0 Å². The molecule has 1 aromatic rings. The Morgan fingerprint density at radius 1 is 1.30 bits per heavy atom. The molecule has 0 aromatic heterocycles. The SMILES string of the molecule is O=C(NC[C@H]1CCN(C2CCCC2)C1)Nc1ccc(F)c(Cl)c1. The molecule has 23 heavy (non-hydrogen) atoms. The average molecular weight is 340 g/mol. The van der Waals surface area contributed by atoms with E-state index in [1.807, 2.05) is 0 Å². The summed E-state index contributed by atoms with van der Waals surface area (Å²) in [6.07, 6.45) is 6.50.